The minimum absolute atomic E-state index is 0.100. The van der Waals surface area contributed by atoms with Crippen molar-refractivity contribution in [3.63, 3.8) is 0 Å². The van der Waals surface area contributed by atoms with Crippen LogP contribution in [-0.4, -0.2) is 39.6 Å². The molecule has 3 rings (SSSR count). The number of aromatic nitrogens is 2. The SMILES string of the molecule is CN1N=C(C(=O)NCc2nc3ncccc3o2)CCC1=O. The van der Waals surface area contributed by atoms with Crippen molar-refractivity contribution in [1.82, 2.24) is 20.3 Å². The van der Waals surface area contributed by atoms with E-state index in [1.807, 2.05) is 0 Å². The minimum Gasteiger partial charge on any atom is -0.437 e. The second kappa shape index (κ2) is 5.31. The summed E-state index contributed by atoms with van der Waals surface area (Å²) in [7, 11) is 1.53. The van der Waals surface area contributed by atoms with E-state index in [1.54, 1.807) is 18.3 Å². The number of hydrazone groups is 1. The molecule has 0 saturated carbocycles. The largest absolute Gasteiger partial charge is 0.437 e. The second-order valence-electron chi connectivity index (χ2n) is 4.58. The van der Waals surface area contributed by atoms with Gasteiger partial charge in [0.05, 0.1) is 6.54 Å². The van der Waals surface area contributed by atoms with E-state index in [-0.39, 0.29) is 24.8 Å². The lowest BCUT2D eigenvalue weighted by Gasteiger charge is -2.18. The van der Waals surface area contributed by atoms with E-state index in [0.717, 1.165) is 0 Å². The Labute approximate surface area is 119 Å². The molecule has 108 valence electrons. The van der Waals surface area contributed by atoms with Crippen molar-refractivity contribution in [1.29, 1.82) is 0 Å². The van der Waals surface area contributed by atoms with Crippen LogP contribution in [0.5, 0.6) is 0 Å². The third-order valence-electron chi connectivity index (χ3n) is 3.08. The third-order valence-corrected chi connectivity index (χ3v) is 3.08. The molecule has 2 aromatic rings. The van der Waals surface area contributed by atoms with Gasteiger partial charge in [0, 0.05) is 26.1 Å². The van der Waals surface area contributed by atoms with E-state index >= 15 is 0 Å². The summed E-state index contributed by atoms with van der Waals surface area (Å²) in [4.78, 5) is 31.5. The third kappa shape index (κ3) is 2.73. The number of oxazole rings is 1. The number of hydrogen-bond acceptors (Lipinski definition) is 6. The molecule has 0 fully saturated rings. The number of carbonyl (C=O) groups excluding carboxylic acids is 2. The van der Waals surface area contributed by atoms with Crippen LogP contribution in [0.15, 0.2) is 27.8 Å². The molecule has 0 aliphatic carbocycles. The summed E-state index contributed by atoms with van der Waals surface area (Å²) in [6.07, 6.45) is 2.25. The Morgan fingerprint density at radius 1 is 1.48 bits per heavy atom. The van der Waals surface area contributed by atoms with Gasteiger partial charge in [-0.2, -0.15) is 10.1 Å². The van der Waals surface area contributed by atoms with Crippen molar-refractivity contribution < 1.29 is 14.0 Å². The average molecular weight is 287 g/mol. The maximum atomic E-state index is 12.0. The first kappa shape index (κ1) is 13.2. The average Bonchev–Trinajstić information content (AvgIpc) is 2.90. The molecule has 1 aliphatic heterocycles. The summed E-state index contributed by atoms with van der Waals surface area (Å²) in [5, 5.41) is 7.80. The highest BCUT2D eigenvalue weighted by Crippen LogP contribution is 2.12. The van der Waals surface area contributed by atoms with Gasteiger partial charge in [-0.15, -0.1) is 0 Å². The molecule has 3 heterocycles. The quantitative estimate of drug-likeness (QED) is 0.883. The molecule has 0 radical (unpaired) electrons. The Bertz CT molecular complexity index is 703. The Balaban J connectivity index is 1.66. The van der Waals surface area contributed by atoms with Crippen LogP contribution in [0.1, 0.15) is 18.7 Å². The summed E-state index contributed by atoms with van der Waals surface area (Å²) >= 11 is 0. The van der Waals surface area contributed by atoms with Crippen molar-refractivity contribution in [2.45, 2.75) is 19.4 Å². The van der Waals surface area contributed by atoms with Crippen molar-refractivity contribution in [2.24, 2.45) is 5.10 Å². The molecule has 0 bridgehead atoms. The fraction of sp³-hybridized carbons (Fsp3) is 0.308. The van der Waals surface area contributed by atoms with E-state index in [1.165, 1.54) is 12.1 Å². The van der Waals surface area contributed by atoms with Crippen LogP contribution in [0, 0.1) is 0 Å². The van der Waals surface area contributed by atoms with E-state index in [2.05, 4.69) is 20.4 Å². The molecule has 1 N–H and O–H groups in total. The number of rotatable bonds is 3. The lowest BCUT2D eigenvalue weighted by atomic mass is 10.1. The Hall–Kier alpha value is -2.77. The van der Waals surface area contributed by atoms with E-state index in [9.17, 15) is 9.59 Å². The molecule has 2 aromatic heterocycles. The van der Waals surface area contributed by atoms with Gasteiger partial charge in [0.15, 0.2) is 11.2 Å². The molecule has 0 saturated heterocycles. The first-order valence-electron chi connectivity index (χ1n) is 6.46. The van der Waals surface area contributed by atoms with Crippen LogP contribution in [0.25, 0.3) is 11.2 Å². The number of amides is 2. The standard InChI is InChI=1S/C13H13N5O3/c1-18-11(19)5-4-8(17-18)13(20)15-7-10-16-12-9(21-10)3-2-6-14-12/h2-3,6H,4-5,7H2,1H3,(H,15,20). The number of nitrogens with zero attached hydrogens (tertiary/aromatic N) is 4. The van der Waals surface area contributed by atoms with Gasteiger partial charge in [-0.05, 0) is 12.1 Å². The van der Waals surface area contributed by atoms with Crippen molar-refractivity contribution >= 4 is 28.8 Å². The second-order valence-corrected chi connectivity index (χ2v) is 4.58. The van der Waals surface area contributed by atoms with Crippen LogP contribution < -0.4 is 5.32 Å². The van der Waals surface area contributed by atoms with Crippen LogP contribution in [-0.2, 0) is 16.1 Å². The predicted molar refractivity (Wildman–Crippen MR) is 73.1 cm³/mol. The molecule has 8 heteroatoms. The molecule has 2 amide bonds. The summed E-state index contributed by atoms with van der Waals surface area (Å²) < 4.78 is 5.45. The number of pyridine rings is 1. The zero-order valence-electron chi connectivity index (χ0n) is 11.4. The molecule has 0 unspecified atom stereocenters. The Morgan fingerprint density at radius 3 is 3.10 bits per heavy atom. The van der Waals surface area contributed by atoms with Gasteiger partial charge in [-0.3, -0.25) is 9.59 Å². The molecular weight excluding hydrogens is 274 g/mol. The number of nitrogens with one attached hydrogen (secondary N) is 1. The summed E-state index contributed by atoms with van der Waals surface area (Å²) in [6, 6.07) is 3.51. The molecule has 21 heavy (non-hydrogen) atoms. The van der Waals surface area contributed by atoms with E-state index < -0.39 is 0 Å². The van der Waals surface area contributed by atoms with Gasteiger partial charge < -0.3 is 9.73 Å². The summed E-state index contributed by atoms with van der Waals surface area (Å²) in [6.45, 7) is 0.145. The predicted octanol–water partition coefficient (Wildman–Crippen LogP) is 0.447. The smallest absolute Gasteiger partial charge is 0.267 e. The number of fused-ring (bicyclic) bond motifs is 1. The summed E-state index contributed by atoms with van der Waals surface area (Å²) in [5.74, 6) is -0.0565. The fourth-order valence-corrected chi connectivity index (χ4v) is 1.98. The highest BCUT2D eigenvalue weighted by molar-refractivity contribution is 6.39. The molecular formula is C13H13N5O3. The zero-order valence-corrected chi connectivity index (χ0v) is 11.4. The molecule has 8 nitrogen and oxygen atoms in total. The topological polar surface area (TPSA) is 101 Å². The summed E-state index contributed by atoms with van der Waals surface area (Å²) in [5.41, 5.74) is 1.40. The molecule has 0 aromatic carbocycles. The van der Waals surface area contributed by atoms with Gasteiger partial charge in [0.25, 0.3) is 5.91 Å². The molecule has 1 aliphatic rings. The zero-order chi connectivity index (χ0) is 14.8. The minimum atomic E-state index is -0.329. The van der Waals surface area contributed by atoms with Crippen LogP contribution >= 0.6 is 0 Å². The Kier molecular flexibility index (Phi) is 3.35. The molecule has 0 atom stereocenters. The number of hydrogen-bond donors (Lipinski definition) is 1. The van der Waals surface area contributed by atoms with Crippen molar-refractivity contribution in [3.8, 4) is 0 Å². The number of carbonyl (C=O) groups is 2. The first-order chi connectivity index (χ1) is 10.1. The van der Waals surface area contributed by atoms with Gasteiger partial charge in [0.2, 0.25) is 11.8 Å². The van der Waals surface area contributed by atoms with Crippen LogP contribution in [0.3, 0.4) is 0 Å². The maximum absolute atomic E-state index is 12.0. The lowest BCUT2D eigenvalue weighted by molar-refractivity contribution is -0.130. The monoisotopic (exact) mass is 287 g/mol. The van der Waals surface area contributed by atoms with Gasteiger partial charge >= 0.3 is 0 Å². The van der Waals surface area contributed by atoms with Crippen LogP contribution in [0.4, 0.5) is 0 Å². The van der Waals surface area contributed by atoms with Crippen LogP contribution in [0.2, 0.25) is 0 Å². The lowest BCUT2D eigenvalue weighted by Crippen LogP contribution is -2.37. The molecule has 0 spiro atoms. The van der Waals surface area contributed by atoms with E-state index in [0.29, 0.717) is 29.3 Å². The van der Waals surface area contributed by atoms with Gasteiger partial charge in [-0.25, -0.2) is 9.99 Å². The maximum Gasteiger partial charge on any atom is 0.267 e. The van der Waals surface area contributed by atoms with E-state index in [4.69, 9.17) is 4.42 Å². The van der Waals surface area contributed by atoms with Gasteiger partial charge in [-0.1, -0.05) is 0 Å². The highest BCUT2D eigenvalue weighted by Gasteiger charge is 2.22. The van der Waals surface area contributed by atoms with Crippen molar-refractivity contribution in [3.05, 3.63) is 24.2 Å². The fourth-order valence-electron chi connectivity index (χ4n) is 1.98. The van der Waals surface area contributed by atoms with Crippen molar-refractivity contribution in [2.75, 3.05) is 7.05 Å². The first-order valence-corrected chi connectivity index (χ1v) is 6.46. The van der Waals surface area contributed by atoms with Gasteiger partial charge in [0.1, 0.15) is 5.71 Å². The normalized spacial score (nSPS) is 15.2. The Morgan fingerprint density at radius 2 is 2.33 bits per heavy atom. The highest BCUT2D eigenvalue weighted by atomic mass is 16.3.